The topological polar surface area (TPSA) is 82.5 Å². The van der Waals surface area contributed by atoms with Crippen molar-refractivity contribution in [3.8, 4) is 11.4 Å². The average Bonchev–Trinajstić information content (AvgIpc) is 2.74. The van der Waals surface area contributed by atoms with Crippen LogP contribution in [-0.4, -0.2) is 30.0 Å². The Hall–Kier alpha value is -3.32. The van der Waals surface area contributed by atoms with E-state index in [1.807, 2.05) is 24.3 Å². The summed E-state index contributed by atoms with van der Waals surface area (Å²) < 4.78 is 11.1. The van der Waals surface area contributed by atoms with Gasteiger partial charge in [-0.3, -0.25) is 4.79 Å². The minimum atomic E-state index is -0.571. The summed E-state index contributed by atoms with van der Waals surface area (Å²) in [4.78, 5) is 24.7. The van der Waals surface area contributed by atoms with Crippen LogP contribution < -0.4 is 15.6 Å². The van der Waals surface area contributed by atoms with Crippen LogP contribution in [0.15, 0.2) is 59.5 Å². The number of para-hydroxylation sites is 2. The molecule has 3 aromatic rings. The van der Waals surface area contributed by atoms with Gasteiger partial charge in [-0.05, 0) is 18.2 Å². The summed E-state index contributed by atoms with van der Waals surface area (Å²) in [5.41, 5.74) is 1.23. The molecule has 0 amide bonds. The lowest BCUT2D eigenvalue weighted by atomic mass is 10.2. The van der Waals surface area contributed by atoms with E-state index in [0.717, 1.165) is 16.0 Å². The first kappa shape index (κ1) is 19.4. The molecule has 8 heteroatoms. The number of nitrogens with one attached hydrogen (secondary N) is 1. The summed E-state index contributed by atoms with van der Waals surface area (Å²) in [6.07, 6.45) is 1.44. The smallest absolute Gasteiger partial charge is 0.340 e. The lowest BCUT2D eigenvalue weighted by Gasteiger charge is -2.13. The van der Waals surface area contributed by atoms with Crippen LogP contribution in [0.3, 0.4) is 0 Å². The molecule has 1 heterocycles. The van der Waals surface area contributed by atoms with Crippen molar-refractivity contribution in [2.45, 2.75) is 6.54 Å². The zero-order valence-electron chi connectivity index (χ0n) is 15.3. The molecule has 0 radical (unpaired) electrons. The number of methoxy groups -OCH3 is 2. The first-order valence-electron chi connectivity index (χ1n) is 8.38. The zero-order valence-corrected chi connectivity index (χ0v) is 16.1. The first-order valence-corrected chi connectivity index (χ1v) is 8.76. The fourth-order valence-corrected chi connectivity index (χ4v) is 2.90. The van der Waals surface area contributed by atoms with Crippen LogP contribution in [0.1, 0.15) is 15.9 Å². The molecule has 1 aromatic heterocycles. The molecule has 2 aromatic carbocycles. The van der Waals surface area contributed by atoms with E-state index in [1.54, 1.807) is 31.4 Å². The third kappa shape index (κ3) is 3.84. The van der Waals surface area contributed by atoms with Gasteiger partial charge in [0.25, 0.3) is 5.56 Å². The molecular weight excluding hydrogens is 382 g/mol. The van der Waals surface area contributed by atoms with Gasteiger partial charge >= 0.3 is 5.97 Å². The predicted octanol–water partition coefficient (Wildman–Crippen LogP) is 3.29. The van der Waals surface area contributed by atoms with Gasteiger partial charge in [-0.1, -0.05) is 41.9 Å². The van der Waals surface area contributed by atoms with E-state index in [2.05, 4.69) is 10.4 Å². The van der Waals surface area contributed by atoms with Gasteiger partial charge in [0.2, 0.25) is 0 Å². The Labute approximate surface area is 166 Å². The van der Waals surface area contributed by atoms with Crippen LogP contribution in [0.25, 0.3) is 5.69 Å². The van der Waals surface area contributed by atoms with Crippen molar-refractivity contribution in [1.29, 1.82) is 0 Å². The quantitative estimate of drug-likeness (QED) is 0.640. The van der Waals surface area contributed by atoms with Crippen LogP contribution in [0.2, 0.25) is 5.02 Å². The first-order chi connectivity index (χ1) is 13.6. The molecule has 0 saturated heterocycles. The molecule has 0 atom stereocenters. The van der Waals surface area contributed by atoms with Gasteiger partial charge in [0.1, 0.15) is 10.8 Å². The molecule has 0 aliphatic carbocycles. The van der Waals surface area contributed by atoms with E-state index in [1.165, 1.54) is 13.3 Å². The number of esters is 1. The standard InChI is InChI=1S/C20H18ClN3O4/c1-27-17-10-6-3-7-13(17)11-22-15-12-23-24(19(25)18(15)21)16-9-5-4-8-14(16)20(26)28-2/h3-10,12,22H,11H2,1-2H3. The van der Waals surface area contributed by atoms with Crippen molar-refractivity contribution < 1.29 is 14.3 Å². The molecule has 28 heavy (non-hydrogen) atoms. The summed E-state index contributed by atoms with van der Waals surface area (Å²) in [6.45, 7) is 0.396. The number of benzene rings is 2. The fourth-order valence-electron chi connectivity index (χ4n) is 2.71. The Morgan fingerprint density at radius 1 is 1.14 bits per heavy atom. The molecule has 0 aliphatic rings. The summed E-state index contributed by atoms with van der Waals surface area (Å²) in [5, 5.41) is 7.21. The lowest BCUT2D eigenvalue weighted by Crippen LogP contribution is -2.24. The molecule has 0 spiro atoms. The van der Waals surface area contributed by atoms with Gasteiger partial charge in [-0.25, -0.2) is 4.79 Å². The fraction of sp³-hybridized carbons (Fsp3) is 0.150. The monoisotopic (exact) mass is 399 g/mol. The summed E-state index contributed by atoms with van der Waals surface area (Å²) in [6, 6.07) is 14.0. The predicted molar refractivity (Wildman–Crippen MR) is 107 cm³/mol. The van der Waals surface area contributed by atoms with Gasteiger partial charge < -0.3 is 14.8 Å². The summed E-state index contributed by atoms with van der Waals surface area (Å²) >= 11 is 6.27. The van der Waals surface area contributed by atoms with Crippen molar-refractivity contribution in [3.63, 3.8) is 0 Å². The highest BCUT2D eigenvalue weighted by atomic mass is 35.5. The van der Waals surface area contributed by atoms with Crippen LogP contribution in [0.4, 0.5) is 5.69 Å². The van der Waals surface area contributed by atoms with Crippen molar-refractivity contribution >= 4 is 23.3 Å². The van der Waals surface area contributed by atoms with Crippen molar-refractivity contribution in [2.75, 3.05) is 19.5 Å². The van der Waals surface area contributed by atoms with E-state index >= 15 is 0 Å². The Morgan fingerprint density at radius 3 is 2.61 bits per heavy atom. The number of hydrogen-bond acceptors (Lipinski definition) is 6. The second kappa shape index (κ2) is 8.58. The van der Waals surface area contributed by atoms with Crippen molar-refractivity contribution in [1.82, 2.24) is 9.78 Å². The lowest BCUT2D eigenvalue weighted by molar-refractivity contribution is 0.0600. The molecule has 0 unspecified atom stereocenters. The molecule has 0 saturated carbocycles. The molecule has 0 aliphatic heterocycles. The Kier molecular flexibility index (Phi) is 5.96. The van der Waals surface area contributed by atoms with Crippen molar-refractivity contribution in [3.05, 3.63) is 81.2 Å². The maximum absolute atomic E-state index is 12.7. The Bertz CT molecular complexity index is 1070. The number of nitrogens with zero attached hydrogens (tertiary/aromatic N) is 2. The minimum Gasteiger partial charge on any atom is -0.496 e. The molecule has 144 valence electrons. The highest BCUT2D eigenvalue weighted by molar-refractivity contribution is 6.32. The van der Waals surface area contributed by atoms with E-state index in [0.29, 0.717) is 12.2 Å². The van der Waals surface area contributed by atoms with Gasteiger partial charge in [-0.15, -0.1) is 0 Å². The van der Waals surface area contributed by atoms with Gasteiger partial charge in [-0.2, -0.15) is 9.78 Å². The van der Waals surface area contributed by atoms with E-state index in [4.69, 9.17) is 21.1 Å². The second-order valence-electron chi connectivity index (χ2n) is 5.76. The molecular formula is C20H18ClN3O4. The number of anilines is 1. The van der Waals surface area contributed by atoms with E-state index in [-0.39, 0.29) is 16.3 Å². The SMILES string of the molecule is COC(=O)c1ccccc1-n1ncc(NCc2ccccc2OC)c(Cl)c1=O. The molecule has 3 rings (SSSR count). The maximum Gasteiger partial charge on any atom is 0.340 e. The molecule has 0 fully saturated rings. The number of carbonyl (C=O) groups excluding carboxylic acids is 1. The van der Waals surface area contributed by atoms with E-state index in [9.17, 15) is 9.59 Å². The number of hydrogen-bond donors (Lipinski definition) is 1. The second-order valence-corrected chi connectivity index (χ2v) is 6.14. The highest BCUT2D eigenvalue weighted by Gasteiger charge is 2.17. The van der Waals surface area contributed by atoms with Gasteiger partial charge in [0.05, 0.1) is 37.4 Å². The third-order valence-electron chi connectivity index (χ3n) is 4.12. The van der Waals surface area contributed by atoms with Crippen LogP contribution in [0, 0.1) is 0 Å². The maximum atomic E-state index is 12.7. The van der Waals surface area contributed by atoms with Gasteiger partial charge in [0, 0.05) is 12.1 Å². The Morgan fingerprint density at radius 2 is 1.86 bits per heavy atom. The summed E-state index contributed by atoms with van der Waals surface area (Å²) in [5.74, 6) is 0.151. The number of halogens is 1. The minimum absolute atomic E-state index is 0.0374. The van der Waals surface area contributed by atoms with Crippen molar-refractivity contribution in [2.24, 2.45) is 0 Å². The number of carbonyl (C=O) groups is 1. The Balaban J connectivity index is 1.93. The van der Waals surface area contributed by atoms with Crippen LogP contribution >= 0.6 is 11.6 Å². The number of aromatic nitrogens is 2. The summed E-state index contributed by atoms with van der Waals surface area (Å²) in [7, 11) is 2.86. The zero-order chi connectivity index (χ0) is 20.1. The van der Waals surface area contributed by atoms with E-state index < -0.39 is 11.5 Å². The van der Waals surface area contributed by atoms with Crippen LogP contribution in [-0.2, 0) is 11.3 Å². The number of ether oxygens (including phenoxy) is 2. The average molecular weight is 400 g/mol. The number of rotatable bonds is 6. The normalized spacial score (nSPS) is 10.4. The highest BCUT2D eigenvalue weighted by Crippen LogP contribution is 2.22. The van der Waals surface area contributed by atoms with Crippen LogP contribution in [0.5, 0.6) is 5.75 Å². The third-order valence-corrected chi connectivity index (χ3v) is 4.48. The largest absolute Gasteiger partial charge is 0.496 e. The molecule has 0 bridgehead atoms. The molecule has 1 N–H and O–H groups in total. The molecule has 7 nitrogen and oxygen atoms in total. The van der Waals surface area contributed by atoms with Gasteiger partial charge in [0.15, 0.2) is 0 Å².